The van der Waals surface area contributed by atoms with E-state index >= 15 is 0 Å². The van der Waals surface area contributed by atoms with Crippen LogP contribution in [0.15, 0.2) is 59.1 Å². The van der Waals surface area contributed by atoms with Gasteiger partial charge in [0.1, 0.15) is 5.75 Å². The number of hydrogen-bond donors (Lipinski definition) is 0. The summed E-state index contributed by atoms with van der Waals surface area (Å²) in [4.78, 5) is 4.46. The summed E-state index contributed by atoms with van der Waals surface area (Å²) in [5, 5.41) is 4.03. The van der Waals surface area contributed by atoms with Gasteiger partial charge in [-0.3, -0.25) is 0 Å². The van der Waals surface area contributed by atoms with Crippen LogP contribution in [0.3, 0.4) is 0 Å². The zero-order valence-corrected chi connectivity index (χ0v) is 17.7. The second-order valence-electron chi connectivity index (χ2n) is 7.55. The summed E-state index contributed by atoms with van der Waals surface area (Å²) < 4.78 is 38.1. The fraction of sp³-hybridized carbons (Fsp3) is 0.364. The molecule has 7 nitrogen and oxygen atoms in total. The van der Waals surface area contributed by atoms with Crippen LogP contribution >= 0.6 is 0 Å². The minimum absolute atomic E-state index is 0.00590. The molecule has 0 amide bonds. The van der Waals surface area contributed by atoms with Crippen molar-refractivity contribution in [2.75, 3.05) is 19.7 Å². The molecule has 0 aliphatic carbocycles. The molecular weight excluding hydrogens is 402 g/mol. The van der Waals surface area contributed by atoms with Crippen LogP contribution < -0.4 is 4.74 Å². The van der Waals surface area contributed by atoms with Gasteiger partial charge in [-0.1, -0.05) is 47.6 Å². The number of aromatic nitrogens is 2. The highest BCUT2D eigenvalue weighted by molar-refractivity contribution is 7.88. The van der Waals surface area contributed by atoms with Gasteiger partial charge in [0, 0.05) is 19.5 Å². The number of sulfonamides is 1. The molecule has 1 fully saturated rings. The Labute approximate surface area is 176 Å². The first kappa shape index (κ1) is 20.6. The first-order valence-electron chi connectivity index (χ1n) is 10.0. The largest absolute Gasteiger partial charge is 0.493 e. The predicted octanol–water partition coefficient (Wildman–Crippen LogP) is 3.32. The molecule has 2 heterocycles. The lowest BCUT2D eigenvalue weighted by molar-refractivity contribution is 0.312. The first-order valence-corrected chi connectivity index (χ1v) is 11.6. The van der Waals surface area contributed by atoms with Crippen molar-refractivity contribution in [3.05, 3.63) is 77.4 Å². The average Bonchev–Trinajstić information content (AvgIpc) is 3.38. The zero-order valence-electron chi connectivity index (χ0n) is 16.9. The Morgan fingerprint density at radius 2 is 2.00 bits per heavy atom. The maximum atomic E-state index is 12.7. The fourth-order valence-electron chi connectivity index (χ4n) is 3.56. The van der Waals surface area contributed by atoms with Crippen molar-refractivity contribution >= 4 is 10.0 Å². The van der Waals surface area contributed by atoms with Crippen molar-refractivity contribution in [1.82, 2.24) is 14.4 Å². The average molecular weight is 428 g/mol. The van der Waals surface area contributed by atoms with Crippen LogP contribution in [0.5, 0.6) is 5.75 Å². The molecule has 0 spiro atoms. The Bertz CT molecular complexity index is 1080. The second kappa shape index (κ2) is 8.97. The molecule has 4 rings (SSSR count). The van der Waals surface area contributed by atoms with E-state index in [2.05, 4.69) is 10.1 Å². The molecule has 0 N–H and O–H groups in total. The summed E-state index contributed by atoms with van der Waals surface area (Å²) in [6, 6.07) is 17.1. The third kappa shape index (κ3) is 5.06. The molecule has 158 valence electrons. The van der Waals surface area contributed by atoms with Gasteiger partial charge >= 0.3 is 0 Å². The van der Waals surface area contributed by atoms with E-state index in [4.69, 9.17) is 9.26 Å². The van der Waals surface area contributed by atoms with Crippen LogP contribution in [0.25, 0.3) is 0 Å². The molecule has 1 unspecified atom stereocenters. The number of ether oxygens (including phenoxy) is 1. The Kier molecular flexibility index (Phi) is 6.15. The van der Waals surface area contributed by atoms with Crippen molar-refractivity contribution < 1.29 is 17.7 Å². The normalized spacial score (nSPS) is 17.3. The Morgan fingerprint density at radius 1 is 1.17 bits per heavy atom. The standard InChI is InChI=1S/C22H25N3O4S/c1-17-6-5-9-20(14-17)28-13-11-21-23-22(29-24-21)19-10-12-25(15-19)30(26,27)16-18-7-3-2-4-8-18/h2-9,14,19H,10-13,15-16H2,1H3. The molecule has 3 aromatic rings. The van der Waals surface area contributed by atoms with Gasteiger partial charge in [0.2, 0.25) is 15.9 Å². The number of benzene rings is 2. The SMILES string of the molecule is Cc1cccc(OCCc2noc(C3CCN(S(=O)(=O)Cc4ccccc4)C3)n2)c1. The number of hydrogen-bond acceptors (Lipinski definition) is 6. The van der Waals surface area contributed by atoms with Gasteiger partial charge < -0.3 is 9.26 Å². The maximum absolute atomic E-state index is 12.7. The molecule has 1 aliphatic heterocycles. The first-order chi connectivity index (χ1) is 14.5. The minimum atomic E-state index is -3.37. The molecule has 1 aromatic heterocycles. The molecule has 1 saturated heterocycles. The molecule has 30 heavy (non-hydrogen) atoms. The van der Waals surface area contributed by atoms with Gasteiger partial charge in [-0.25, -0.2) is 12.7 Å². The van der Waals surface area contributed by atoms with Crippen LogP contribution in [-0.2, 0) is 22.2 Å². The molecule has 8 heteroatoms. The van der Waals surface area contributed by atoms with Gasteiger partial charge in [0.15, 0.2) is 5.82 Å². The summed E-state index contributed by atoms with van der Waals surface area (Å²) in [5.74, 6) is 1.82. The molecule has 2 aromatic carbocycles. The molecule has 1 atom stereocenters. The lowest BCUT2D eigenvalue weighted by Crippen LogP contribution is -2.29. The summed E-state index contributed by atoms with van der Waals surface area (Å²) in [7, 11) is -3.37. The molecule has 1 aliphatic rings. The Morgan fingerprint density at radius 3 is 2.80 bits per heavy atom. The summed E-state index contributed by atoms with van der Waals surface area (Å²) in [5.41, 5.74) is 1.93. The second-order valence-corrected chi connectivity index (χ2v) is 9.52. The van der Waals surface area contributed by atoms with E-state index in [1.807, 2.05) is 61.5 Å². The van der Waals surface area contributed by atoms with Crippen molar-refractivity contribution in [3.63, 3.8) is 0 Å². The van der Waals surface area contributed by atoms with Crippen LogP contribution in [0, 0.1) is 6.92 Å². The van der Waals surface area contributed by atoms with Crippen LogP contribution in [0.4, 0.5) is 0 Å². The van der Waals surface area contributed by atoms with Gasteiger partial charge in [-0.2, -0.15) is 4.98 Å². The van der Waals surface area contributed by atoms with Crippen LogP contribution in [0.2, 0.25) is 0 Å². The van der Waals surface area contributed by atoms with E-state index in [1.54, 1.807) is 0 Å². The highest BCUT2D eigenvalue weighted by Crippen LogP contribution is 2.29. The summed E-state index contributed by atoms with van der Waals surface area (Å²) >= 11 is 0. The minimum Gasteiger partial charge on any atom is -0.493 e. The molecule has 0 bridgehead atoms. The molecular formula is C22H25N3O4S. The van der Waals surface area contributed by atoms with E-state index in [1.165, 1.54) is 4.31 Å². The van der Waals surface area contributed by atoms with E-state index < -0.39 is 10.0 Å². The summed E-state index contributed by atoms with van der Waals surface area (Å²) in [6.07, 6.45) is 1.20. The smallest absolute Gasteiger partial charge is 0.231 e. The Balaban J connectivity index is 1.31. The lowest BCUT2D eigenvalue weighted by atomic mass is 10.1. The summed E-state index contributed by atoms with van der Waals surface area (Å²) in [6.45, 7) is 3.30. The van der Waals surface area contributed by atoms with Crippen LogP contribution in [-0.4, -0.2) is 42.6 Å². The van der Waals surface area contributed by atoms with E-state index in [-0.39, 0.29) is 11.7 Å². The van der Waals surface area contributed by atoms with Gasteiger partial charge in [0.05, 0.1) is 18.3 Å². The predicted molar refractivity (Wildman–Crippen MR) is 113 cm³/mol. The zero-order chi connectivity index (χ0) is 21.0. The fourth-order valence-corrected chi connectivity index (χ4v) is 5.15. The quantitative estimate of drug-likeness (QED) is 0.548. The van der Waals surface area contributed by atoms with E-state index in [9.17, 15) is 8.42 Å². The monoisotopic (exact) mass is 427 g/mol. The number of nitrogens with zero attached hydrogens (tertiary/aromatic N) is 3. The van der Waals surface area contributed by atoms with Gasteiger partial charge in [0.25, 0.3) is 0 Å². The maximum Gasteiger partial charge on any atom is 0.231 e. The lowest BCUT2D eigenvalue weighted by Gasteiger charge is -2.15. The third-order valence-electron chi connectivity index (χ3n) is 5.15. The van der Waals surface area contributed by atoms with E-state index in [0.717, 1.165) is 16.9 Å². The van der Waals surface area contributed by atoms with E-state index in [0.29, 0.717) is 44.3 Å². The number of rotatable bonds is 8. The molecule has 0 radical (unpaired) electrons. The van der Waals surface area contributed by atoms with Gasteiger partial charge in [-0.15, -0.1) is 0 Å². The highest BCUT2D eigenvalue weighted by Gasteiger charge is 2.34. The van der Waals surface area contributed by atoms with Crippen LogP contribution in [0.1, 0.15) is 35.2 Å². The van der Waals surface area contributed by atoms with Crippen molar-refractivity contribution in [2.24, 2.45) is 0 Å². The van der Waals surface area contributed by atoms with Gasteiger partial charge in [-0.05, 0) is 36.6 Å². The van der Waals surface area contributed by atoms with Crippen molar-refractivity contribution in [2.45, 2.75) is 31.4 Å². The highest BCUT2D eigenvalue weighted by atomic mass is 32.2. The topological polar surface area (TPSA) is 85.5 Å². The van der Waals surface area contributed by atoms with Crippen molar-refractivity contribution in [3.8, 4) is 5.75 Å². The number of aryl methyl sites for hydroxylation is 1. The molecule has 0 saturated carbocycles. The Hall–Kier alpha value is -2.71. The van der Waals surface area contributed by atoms with Crippen molar-refractivity contribution in [1.29, 1.82) is 0 Å². The third-order valence-corrected chi connectivity index (χ3v) is 6.97.